The molecule has 0 heterocycles. The second-order valence-corrected chi connectivity index (χ2v) is 1.79. The van der Waals surface area contributed by atoms with Crippen LogP contribution in [0.4, 0.5) is 13.2 Å². The van der Waals surface area contributed by atoms with Gasteiger partial charge in [0.05, 0.1) is 0 Å². The molecule has 0 saturated heterocycles. The lowest BCUT2D eigenvalue weighted by atomic mass is 10.6. The number of carbonyl (C=O) groups excluding carboxylic acids is 1. The molecule has 0 spiro atoms. The van der Waals surface area contributed by atoms with E-state index < -0.39 is 17.9 Å². The molecule has 0 rings (SSSR count). The van der Waals surface area contributed by atoms with Gasteiger partial charge in [0.25, 0.3) is 0 Å². The highest BCUT2D eigenvalue weighted by atomic mass is 32.1. The molecule has 0 atom stereocenters. The molecule has 0 radical (unpaired) electrons. The van der Waals surface area contributed by atoms with Gasteiger partial charge in [-0.15, -0.1) is 12.6 Å². The Balaban J connectivity index is 4.10. The van der Waals surface area contributed by atoms with Crippen molar-refractivity contribution in [3.05, 3.63) is 11.2 Å². The number of hydrogen-bond donors (Lipinski definition) is 3. The van der Waals surface area contributed by atoms with Crippen molar-refractivity contribution in [3.63, 3.8) is 0 Å². The lowest BCUT2D eigenvalue weighted by Gasteiger charge is -2.06. The van der Waals surface area contributed by atoms with Crippen molar-refractivity contribution in [2.24, 2.45) is 5.73 Å². The molecule has 0 fully saturated rings. The van der Waals surface area contributed by atoms with Gasteiger partial charge in [0.2, 0.25) is 0 Å². The Kier molecular flexibility index (Phi) is 3.24. The van der Waals surface area contributed by atoms with E-state index >= 15 is 0 Å². The van der Waals surface area contributed by atoms with Crippen LogP contribution in [0.15, 0.2) is 11.2 Å². The van der Waals surface area contributed by atoms with Crippen LogP contribution in [0.1, 0.15) is 0 Å². The van der Waals surface area contributed by atoms with Crippen LogP contribution in [0.2, 0.25) is 0 Å². The molecule has 0 aliphatic heterocycles. The molecule has 0 aliphatic carbocycles. The summed E-state index contributed by atoms with van der Waals surface area (Å²) in [6, 6.07) is 0. The maximum atomic E-state index is 11.4. The monoisotopic (exact) mass is 186 g/mol. The summed E-state index contributed by atoms with van der Waals surface area (Å²) in [5.74, 6) is -2.56. The minimum atomic E-state index is -4.92. The first-order valence-corrected chi connectivity index (χ1v) is 2.87. The van der Waals surface area contributed by atoms with E-state index in [4.69, 9.17) is 5.73 Å². The van der Waals surface area contributed by atoms with E-state index in [0.717, 1.165) is 5.41 Å². The van der Waals surface area contributed by atoms with Gasteiger partial charge in [0.15, 0.2) is 0 Å². The Hall–Kier alpha value is -0.850. The third-order valence-electron chi connectivity index (χ3n) is 0.654. The van der Waals surface area contributed by atoms with E-state index in [2.05, 4.69) is 12.6 Å². The largest absolute Gasteiger partial charge is 0.471 e. The average Bonchev–Trinajstić information content (AvgIpc) is 1.85. The summed E-state index contributed by atoms with van der Waals surface area (Å²) in [5, 5.41) is 2.22. The molecule has 0 aromatic carbocycles. The Morgan fingerprint density at radius 2 is 2.00 bits per heavy atom. The highest BCUT2D eigenvalue weighted by molar-refractivity contribution is 7.83. The van der Waals surface area contributed by atoms with Crippen molar-refractivity contribution in [2.45, 2.75) is 6.18 Å². The van der Waals surface area contributed by atoms with Crippen molar-refractivity contribution in [1.29, 1.82) is 0 Å². The predicted octanol–water partition coefficient (Wildman–Crippen LogP) is 0.352. The summed E-state index contributed by atoms with van der Waals surface area (Å²) >= 11 is 3.42. The van der Waals surface area contributed by atoms with Crippen molar-refractivity contribution >= 4 is 18.5 Å². The first-order chi connectivity index (χ1) is 4.88. The smallest absolute Gasteiger partial charge is 0.385 e. The van der Waals surface area contributed by atoms with E-state index in [1.165, 1.54) is 5.32 Å². The van der Waals surface area contributed by atoms with E-state index in [1.807, 2.05) is 0 Å². The van der Waals surface area contributed by atoms with Crippen molar-refractivity contribution < 1.29 is 18.0 Å². The Bertz CT molecular complexity index is 188. The summed E-state index contributed by atoms with van der Waals surface area (Å²) in [5.41, 5.74) is 4.82. The lowest BCUT2D eigenvalue weighted by Crippen LogP contribution is -2.38. The minimum absolute atomic E-state index is 0.448. The topological polar surface area (TPSA) is 55.1 Å². The third-order valence-corrected chi connectivity index (χ3v) is 0.933. The molecule has 0 unspecified atom stereocenters. The first kappa shape index (κ1) is 10.2. The van der Waals surface area contributed by atoms with Gasteiger partial charge in [-0.3, -0.25) is 4.79 Å². The fourth-order valence-electron chi connectivity index (χ4n) is 0.234. The number of nitrogens with one attached hydrogen (secondary N) is 1. The number of thiol groups is 1. The summed E-state index contributed by atoms with van der Waals surface area (Å²) in [4.78, 5) is 10.0. The molecule has 64 valence electrons. The van der Waals surface area contributed by atoms with Crippen LogP contribution in [0.5, 0.6) is 0 Å². The van der Waals surface area contributed by atoms with E-state index in [9.17, 15) is 18.0 Å². The first-order valence-electron chi connectivity index (χ1n) is 2.36. The minimum Gasteiger partial charge on any atom is -0.385 e. The fourth-order valence-corrected chi connectivity index (χ4v) is 0.299. The van der Waals surface area contributed by atoms with Gasteiger partial charge in [-0.1, -0.05) is 0 Å². The average molecular weight is 186 g/mol. The second kappa shape index (κ2) is 3.51. The van der Waals surface area contributed by atoms with Gasteiger partial charge in [-0.05, 0) is 0 Å². The number of rotatable bonds is 1. The summed E-state index contributed by atoms with van der Waals surface area (Å²) in [6.07, 6.45) is -4.92. The van der Waals surface area contributed by atoms with Crippen LogP contribution in [-0.4, -0.2) is 12.1 Å². The summed E-state index contributed by atoms with van der Waals surface area (Å²) in [6.45, 7) is 0. The summed E-state index contributed by atoms with van der Waals surface area (Å²) < 4.78 is 34.3. The van der Waals surface area contributed by atoms with Gasteiger partial charge in [0.1, 0.15) is 5.82 Å². The van der Waals surface area contributed by atoms with Crippen molar-refractivity contribution in [1.82, 2.24) is 5.32 Å². The molecule has 0 aliphatic rings. The molecule has 0 bridgehead atoms. The zero-order valence-corrected chi connectivity index (χ0v) is 6.04. The van der Waals surface area contributed by atoms with Crippen LogP contribution in [0, 0.1) is 0 Å². The van der Waals surface area contributed by atoms with Crippen LogP contribution in [0.25, 0.3) is 0 Å². The van der Waals surface area contributed by atoms with Gasteiger partial charge in [-0.2, -0.15) is 13.2 Å². The SMILES string of the molecule is N/C(=C\S)NC(=O)C(F)(F)F. The van der Waals surface area contributed by atoms with E-state index in [1.54, 1.807) is 0 Å². The lowest BCUT2D eigenvalue weighted by molar-refractivity contribution is -0.172. The molecular formula is C4H5F3N2OS. The molecule has 0 saturated carbocycles. The van der Waals surface area contributed by atoms with E-state index in [-0.39, 0.29) is 0 Å². The number of halogens is 3. The zero-order valence-electron chi connectivity index (χ0n) is 5.14. The van der Waals surface area contributed by atoms with Gasteiger partial charge in [-0.25, -0.2) is 0 Å². The van der Waals surface area contributed by atoms with Crippen LogP contribution < -0.4 is 11.1 Å². The number of alkyl halides is 3. The van der Waals surface area contributed by atoms with Crippen molar-refractivity contribution in [3.8, 4) is 0 Å². The normalized spacial score (nSPS) is 12.9. The predicted molar refractivity (Wildman–Crippen MR) is 35.5 cm³/mol. The molecule has 0 aromatic heterocycles. The zero-order chi connectivity index (χ0) is 9.07. The number of nitrogens with two attached hydrogens (primary N) is 1. The number of amides is 1. The Morgan fingerprint density at radius 3 is 2.27 bits per heavy atom. The number of hydrogen-bond acceptors (Lipinski definition) is 3. The van der Waals surface area contributed by atoms with Crippen molar-refractivity contribution in [2.75, 3.05) is 0 Å². The molecule has 0 aromatic rings. The maximum Gasteiger partial charge on any atom is 0.471 e. The highest BCUT2D eigenvalue weighted by Gasteiger charge is 2.38. The molecule has 3 N–H and O–H groups in total. The van der Waals surface area contributed by atoms with Crippen LogP contribution >= 0.6 is 12.6 Å². The second-order valence-electron chi connectivity index (χ2n) is 1.54. The van der Waals surface area contributed by atoms with E-state index in [0.29, 0.717) is 0 Å². The Labute approximate surface area is 65.8 Å². The molecule has 7 heteroatoms. The fraction of sp³-hybridized carbons (Fsp3) is 0.250. The number of carbonyl (C=O) groups is 1. The molecule has 3 nitrogen and oxygen atoms in total. The van der Waals surface area contributed by atoms with Crippen LogP contribution in [0.3, 0.4) is 0 Å². The van der Waals surface area contributed by atoms with Crippen LogP contribution in [-0.2, 0) is 4.79 Å². The quantitative estimate of drug-likeness (QED) is 0.517. The van der Waals surface area contributed by atoms with Gasteiger partial charge in [0, 0.05) is 5.41 Å². The Morgan fingerprint density at radius 1 is 1.55 bits per heavy atom. The third kappa shape index (κ3) is 3.76. The molecule has 11 heavy (non-hydrogen) atoms. The maximum absolute atomic E-state index is 11.4. The standard InChI is InChI=1S/C4H5F3N2OS/c5-4(6,7)3(10)9-2(8)1-11/h1,11H,8H2,(H,9,10)/b2-1+. The molecular weight excluding hydrogens is 181 g/mol. The highest BCUT2D eigenvalue weighted by Crippen LogP contribution is 2.14. The molecule has 1 amide bonds. The summed E-state index contributed by atoms with van der Waals surface area (Å²) in [7, 11) is 0. The van der Waals surface area contributed by atoms with Gasteiger partial charge >= 0.3 is 12.1 Å². The van der Waals surface area contributed by atoms with Gasteiger partial charge < -0.3 is 11.1 Å².